The lowest BCUT2D eigenvalue weighted by atomic mass is 10.1. The molecule has 3 amide bonds. The van der Waals surface area contributed by atoms with Crippen LogP contribution in [0.15, 0.2) is 48.5 Å². The third kappa shape index (κ3) is 5.45. The number of hydrogen-bond donors (Lipinski definition) is 5. The van der Waals surface area contributed by atoms with Crippen LogP contribution in [0.5, 0.6) is 17.2 Å². The standard InChI is InChI=1S/C22H19N5O6/c23-11-17-15-10-13(33-12-4-2-1-3-5-12)6-7-14(15)19(28)18(26-17)20(29)25-9-8-16(21(30)31)27-22(24)32/h1-7,10,16,28H,8-9H2,(H,25,29)(H,30,31)(H3,24,27,32). The first-order valence-electron chi connectivity index (χ1n) is 9.67. The van der Waals surface area contributed by atoms with E-state index in [0.29, 0.717) is 11.5 Å². The summed E-state index contributed by atoms with van der Waals surface area (Å²) < 4.78 is 5.74. The number of carboxylic acids is 1. The van der Waals surface area contributed by atoms with Gasteiger partial charge in [-0.15, -0.1) is 0 Å². The Kier molecular flexibility index (Phi) is 6.90. The monoisotopic (exact) mass is 449 g/mol. The molecule has 2 aromatic carbocycles. The van der Waals surface area contributed by atoms with Crippen LogP contribution in [-0.2, 0) is 4.79 Å². The van der Waals surface area contributed by atoms with Crippen molar-refractivity contribution in [1.29, 1.82) is 5.26 Å². The molecule has 3 aromatic rings. The molecule has 0 aliphatic carbocycles. The average molecular weight is 449 g/mol. The van der Waals surface area contributed by atoms with Crippen molar-refractivity contribution in [1.82, 2.24) is 15.6 Å². The summed E-state index contributed by atoms with van der Waals surface area (Å²) in [5.41, 5.74) is 4.42. The van der Waals surface area contributed by atoms with Gasteiger partial charge in [0.15, 0.2) is 11.4 Å². The largest absolute Gasteiger partial charge is 0.505 e. The Hall–Kier alpha value is -4.85. The van der Waals surface area contributed by atoms with Gasteiger partial charge in [-0.2, -0.15) is 5.26 Å². The number of ether oxygens (including phenoxy) is 1. The van der Waals surface area contributed by atoms with Crippen molar-refractivity contribution in [2.75, 3.05) is 6.54 Å². The molecule has 0 aliphatic rings. The minimum atomic E-state index is -1.32. The number of nitrogens with two attached hydrogens (primary N) is 1. The molecule has 11 nitrogen and oxygen atoms in total. The normalized spacial score (nSPS) is 11.2. The van der Waals surface area contributed by atoms with Gasteiger partial charge < -0.3 is 31.3 Å². The number of carbonyl (C=O) groups excluding carboxylic acids is 2. The highest BCUT2D eigenvalue weighted by atomic mass is 16.5. The van der Waals surface area contributed by atoms with Crippen LogP contribution < -0.4 is 21.1 Å². The zero-order chi connectivity index (χ0) is 24.0. The van der Waals surface area contributed by atoms with E-state index < -0.39 is 35.4 Å². The molecule has 1 aromatic heterocycles. The lowest BCUT2D eigenvalue weighted by Crippen LogP contribution is -2.45. The highest BCUT2D eigenvalue weighted by Gasteiger charge is 2.22. The first-order chi connectivity index (χ1) is 15.8. The molecule has 11 heteroatoms. The summed E-state index contributed by atoms with van der Waals surface area (Å²) in [5.74, 6) is -1.61. The number of aliphatic carboxylic acids is 1. The van der Waals surface area contributed by atoms with Crippen LogP contribution in [0.25, 0.3) is 10.8 Å². The van der Waals surface area contributed by atoms with Gasteiger partial charge in [-0.25, -0.2) is 14.6 Å². The van der Waals surface area contributed by atoms with E-state index in [-0.39, 0.29) is 29.4 Å². The Balaban J connectivity index is 1.82. The maximum Gasteiger partial charge on any atom is 0.326 e. The van der Waals surface area contributed by atoms with E-state index in [1.54, 1.807) is 30.3 Å². The van der Waals surface area contributed by atoms with Crippen LogP contribution in [0, 0.1) is 11.3 Å². The molecule has 0 saturated carbocycles. The SMILES string of the molecule is N#Cc1nc(C(=O)NCCC(NC(N)=O)C(=O)O)c(O)c2ccc(Oc3ccccc3)cc12. The molecule has 0 fully saturated rings. The number of nitrogens with zero attached hydrogens (tertiary/aromatic N) is 2. The minimum absolute atomic E-state index is 0.106. The quantitative estimate of drug-likeness (QED) is 0.344. The maximum atomic E-state index is 12.5. The third-order valence-electron chi connectivity index (χ3n) is 4.58. The molecule has 0 bridgehead atoms. The van der Waals surface area contributed by atoms with Gasteiger partial charge >= 0.3 is 12.0 Å². The first-order valence-corrected chi connectivity index (χ1v) is 9.67. The number of nitrogens with one attached hydrogen (secondary N) is 2. The number of hydrogen-bond acceptors (Lipinski definition) is 7. The fourth-order valence-electron chi connectivity index (χ4n) is 3.05. The van der Waals surface area contributed by atoms with Crippen molar-refractivity contribution in [2.24, 2.45) is 5.73 Å². The van der Waals surface area contributed by atoms with Gasteiger partial charge in [0.2, 0.25) is 0 Å². The van der Waals surface area contributed by atoms with Crippen LogP contribution in [-0.4, -0.2) is 45.7 Å². The number of para-hydroxylation sites is 1. The summed E-state index contributed by atoms with van der Waals surface area (Å²) in [6, 6.07) is 13.1. The number of nitriles is 1. The smallest absolute Gasteiger partial charge is 0.326 e. The second-order valence-corrected chi connectivity index (χ2v) is 6.84. The molecule has 1 atom stereocenters. The lowest BCUT2D eigenvalue weighted by Gasteiger charge is -2.14. The number of benzene rings is 2. The Labute approximate surface area is 187 Å². The van der Waals surface area contributed by atoms with E-state index in [1.807, 2.05) is 17.5 Å². The van der Waals surface area contributed by atoms with Crippen molar-refractivity contribution in [3.8, 4) is 23.3 Å². The van der Waals surface area contributed by atoms with Crippen LogP contribution >= 0.6 is 0 Å². The van der Waals surface area contributed by atoms with Gasteiger partial charge in [0.05, 0.1) is 0 Å². The van der Waals surface area contributed by atoms with Crippen molar-refractivity contribution in [3.05, 3.63) is 59.9 Å². The lowest BCUT2D eigenvalue weighted by molar-refractivity contribution is -0.139. The molecule has 3 rings (SSSR count). The second kappa shape index (κ2) is 9.97. The van der Waals surface area contributed by atoms with Gasteiger partial charge in [0.25, 0.3) is 5.91 Å². The number of rotatable bonds is 8. The van der Waals surface area contributed by atoms with Gasteiger partial charge in [-0.05, 0) is 36.8 Å². The predicted octanol–water partition coefficient (Wildman–Crippen LogP) is 1.85. The number of primary amides is 1. The topological polar surface area (TPSA) is 188 Å². The number of carboxylic acid groups (broad SMARTS) is 1. The number of fused-ring (bicyclic) bond motifs is 1. The Morgan fingerprint density at radius 1 is 1.12 bits per heavy atom. The Bertz CT molecular complexity index is 1260. The Morgan fingerprint density at radius 2 is 1.85 bits per heavy atom. The summed E-state index contributed by atoms with van der Waals surface area (Å²) >= 11 is 0. The van der Waals surface area contributed by atoms with Crippen molar-refractivity contribution >= 4 is 28.7 Å². The van der Waals surface area contributed by atoms with Crippen molar-refractivity contribution in [3.63, 3.8) is 0 Å². The zero-order valence-electron chi connectivity index (χ0n) is 17.1. The molecule has 0 aliphatic heterocycles. The first kappa shape index (κ1) is 22.8. The van der Waals surface area contributed by atoms with E-state index in [0.717, 1.165) is 0 Å². The van der Waals surface area contributed by atoms with E-state index >= 15 is 0 Å². The summed E-state index contributed by atoms with van der Waals surface area (Å²) in [4.78, 5) is 38.5. The molecule has 33 heavy (non-hydrogen) atoms. The van der Waals surface area contributed by atoms with Gasteiger partial charge in [0, 0.05) is 17.3 Å². The zero-order valence-corrected chi connectivity index (χ0v) is 17.1. The molecule has 0 saturated heterocycles. The molecule has 0 radical (unpaired) electrons. The van der Waals surface area contributed by atoms with Crippen LogP contribution in [0.2, 0.25) is 0 Å². The molecule has 0 spiro atoms. The summed E-state index contributed by atoms with van der Waals surface area (Å²) in [7, 11) is 0. The number of amides is 3. The minimum Gasteiger partial charge on any atom is -0.505 e. The fourth-order valence-corrected chi connectivity index (χ4v) is 3.05. The Morgan fingerprint density at radius 3 is 2.48 bits per heavy atom. The van der Waals surface area contributed by atoms with E-state index in [4.69, 9.17) is 15.6 Å². The summed E-state index contributed by atoms with van der Waals surface area (Å²) in [6.07, 6.45) is -0.163. The maximum absolute atomic E-state index is 12.5. The molecule has 6 N–H and O–H groups in total. The fraction of sp³-hybridized carbons (Fsp3) is 0.136. The highest BCUT2D eigenvalue weighted by molar-refractivity contribution is 6.03. The number of carbonyl (C=O) groups is 3. The number of urea groups is 1. The van der Waals surface area contributed by atoms with Crippen LogP contribution in [0.1, 0.15) is 22.6 Å². The van der Waals surface area contributed by atoms with Crippen LogP contribution in [0.3, 0.4) is 0 Å². The number of aromatic hydroxyl groups is 1. The van der Waals surface area contributed by atoms with E-state index in [1.165, 1.54) is 12.1 Å². The van der Waals surface area contributed by atoms with Gasteiger partial charge in [0.1, 0.15) is 29.3 Å². The third-order valence-corrected chi connectivity index (χ3v) is 4.58. The second-order valence-electron chi connectivity index (χ2n) is 6.84. The van der Waals surface area contributed by atoms with Gasteiger partial charge in [-0.3, -0.25) is 4.79 Å². The van der Waals surface area contributed by atoms with Crippen LogP contribution in [0.4, 0.5) is 4.79 Å². The molecule has 1 heterocycles. The highest BCUT2D eigenvalue weighted by Crippen LogP contribution is 2.33. The molecule has 168 valence electrons. The van der Waals surface area contributed by atoms with Gasteiger partial charge in [-0.1, -0.05) is 18.2 Å². The number of aromatic nitrogens is 1. The van der Waals surface area contributed by atoms with Crippen molar-refractivity contribution in [2.45, 2.75) is 12.5 Å². The molecular formula is C22H19N5O6. The number of pyridine rings is 1. The molecule has 1 unspecified atom stereocenters. The van der Waals surface area contributed by atoms with Crippen molar-refractivity contribution < 1.29 is 29.3 Å². The van der Waals surface area contributed by atoms with E-state index in [9.17, 15) is 24.8 Å². The summed E-state index contributed by atoms with van der Waals surface area (Å²) in [6.45, 7) is -0.166. The predicted molar refractivity (Wildman–Crippen MR) is 116 cm³/mol. The van der Waals surface area contributed by atoms with E-state index in [2.05, 4.69) is 10.3 Å². The molecular weight excluding hydrogens is 430 g/mol. The average Bonchev–Trinajstić information content (AvgIpc) is 2.79. The summed E-state index contributed by atoms with van der Waals surface area (Å²) in [5, 5.41) is 34.1.